The van der Waals surface area contributed by atoms with Crippen molar-refractivity contribution in [2.75, 3.05) is 19.8 Å². The van der Waals surface area contributed by atoms with Crippen LogP contribution in [0.1, 0.15) is 12.0 Å². The zero-order chi connectivity index (χ0) is 18.6. The Bertz CT molecular complexity index is 710. The van der Waals surface area contributed by atoms with Gasteiger partial charge in [0.15, 0.2) is 0 Å². The fraction of sp³-hybridized carbons (Fsp3) is 0.238. The van der Waals surface area contributed by atoms with E-state index in [1.54, 1.807) is 0 Å². The summed E-state index contributed by atoms with van der Waals surface area (Å²) in [4.78, 5) is 23.5. The van der Waals surface area contributed by atoms with E-state index in [-0.39, 0.29) is 31.8 Å². The quantitative estimate of drug-likeness (QED) is 0.372. The normalized spacial score (nSPS) is 10.0. The van der Waals surface area contributed by atoms with E-state index in [0.717, 1.165) is 5.56 Å². The average Bonchev–Trinajstić information content (AvgIpc) is 2.66. The summed E-state index contributed by atoms with van der Waals surface area (Å²) in [5, 5.41) is 0. The lowest BCUT2D eigenvalue weighted by atomic mass is 10.2. The van der Waals surface area contributed by atoms with E-state index in [4.69, 9.17) is 14.2 Å². The Morgan fingerprint density at radius 1 is 0.808 bits per heavy atom. The minimum atomic E-state index is -0.623. The van der Waals surface area contributed by atoms with E-state index in [0.29, 0.717) is 12.2 Å². The van der Waals surface area contributed by atoms with E-state index in [9.17, 15) is 9.59 Å². The summed E-state index contributed by atoms with van der Waals surface area (Å²) >= 11 is 0. The van der Waals surface area contributed by atoms with Crippen molar-refractivity contribution >= 4 is 11.9 Å². The molecule has 0 bridgehead atoms. The molecule has 136 valence electrons. The molecule has 0 aromatic heterocycles. The Hall–Kier alpha value is -3.08. The van der Waals surface area contributed by atoms with Gasteiger partial charge in [0.05, 0.1) is 13.0 Å². The van der Waals surface area contributed by atoms with Gasteiger partial charge in [0.1, 0.15) is 19.0 Å². The van der Waals surface area contributed by atoms with Crippen molar-refractivity contribution in [3.8, 4) is 5.75 Å². The maximum atomic E-state index is 11.8. The van der Waals surface area contributed by atoms with E-state index in [2.05, 4.69) is 6.58 Å². The van der Waals surface area contributed by atoms with Crippen LogP contribution < -0.4 is 4.74 Å². The first-order chi connectivity index (χ1) is 12.6. The fourth-order valence-corrected chi connectivity index (χ4v) is 2.14. The topological polar surface area (TPSA) is 61.8 Å². The van der Waals surface area contributed by atoms with Crippen LogP contribution in [0.5, 0.6) is 5.75 Å². The molecule has 26 heavy (non-hydrogen) atoms. The first kappa shape index (κ1) is 19.2. The van der Waals surface area contributed by atoms with Gasteiger partial charge in [-0.1, -0.05) is 55.1 Å². The summed E-state index contributed by atoms with van der Waals surface area (Å²) in [6.45, 7) is 4.15. The van der Waals surface area contributed by atoms with Crippen LogP contribution in [0.15, 0.2) is 72.8 Å². The Morgan fingerprint density at radius 3 is 2.15 bits per heavy atom. The fourth-order valence-electron chi connectivity index (χ4n) is 2.14. The second-order valence-corrected chi connectivity index (χ2v) is 5.53. The molecule has 0 unspecified atom stereocenters. The molecule has 2 aromatic carbocycles. The number of carbonyl (C=O) groups excluding carboxylic acids is 2. The minimum Gasteiger partial charge on any atom is -0.490 e. The van der Waals surface area contributed by atoms with Crippen molar-refractivity contribution < 1.29 is 23.8 Å². The third kappa shape index (κ3) is 7.21. The number of benzene rings is 2. The predicted molar refractivity (Wildman–Crippen MR) is 97.8 cm³/mol. The van der Waals surface area contributed by atoms with Gasteiger partial charge < -0.3 is 14.2 Å². The van der Waals surface area contributed by atoms with Gasteiger partial charge in [0, 0.05) is 12.0 Å². The Labute approximate surface area is 153 Å². The van der Waals surface area contributed by atoms with Gasteiger partial charge in [-0.05, 0) is 17.7 Å². The zero-order valence-corrected chi connectivity index (χ0v) is 14.6. The van der Waals surface area contributed by atoms with E-state index < -0.39 is 11.9 Å². The maximum absolute atomic E-state index is 11.8. The highest BCUT2D eigenvalue weighted by atomic mass is 16.6. The Kier molecular flexibility index (Phi) is 7.93. The lowest BCUT2D eigenvalue weighted by molar-refractivity contribution is -0.146. The summed E-state index contributed by atoms with van der Waals surface area (Å²) in [7, 11) is 0. The van der Waals surface area contributed by atoms with Crippen molar-refractivity contribution in [2.45, 2.75) is 12.8 Å². The molecule has 0 heterocycles. The van der Waals surface area contributed by atoms with Crippen molar-refractivity contribution in [3.63, 3.8) is 0 Å². The van der Waals surface area contributed by atoms with Crippen molar-refractivity contribution in [2.24, 2.45) is 0 Å². The molecule has 2 rings (SSSR count). The van der Waals surface area contributed by atoms with Crippen LogP contribution in [-0.2, 0) is 25.5 Å². The Balaban J connectivity index is 1.58. The van der Waals surface area contributed by atoms with Crippen molar-refractivity contribution in [3.05, 3.63) is 78.4 Å². The van der Waals surface area contributed by atoms with E-state index in [1.807, 2.05) is 60.7 Å². The molecule has 0 radical (unpaired) electrons. The van der Waals surface area contributed by atoms with Crippen LogP contribution in [0.25, 0.3) is 0 Å². The molecule has 0 fully saturated rings. The summed E-state index contributed by atoms with van der Waals surface area (Å²) in [5.41, 5.74) is 1.14. The summed E-state index contributed by atoms with van der Waals surface area (Å²) in [5.74, 6) is -0.422. The van der Waals surface area contributed by atoms with Gasteiger partial charge in [-0.25, -0.2) is 4.79 Å². The molecule has 0 aliphatic carbocycles. The van der Waals surface area contributed by atoms with E-state index >= 15 is 0 Å². The van der Waals surface area contributed by atoms with Crippen LogP contribution in [0.2, 0.25) is 0 Å². The second-order valence-electron chi connectivity index (χ2n) is 5.53. The SMILES string of the molecule is C=C(CC(=O)OCCc1ccccc1)C(=O)OCCOc1ccccc1. The van der Waals surface area contributed by atoms with Crippen LogP contribution in [0.4, 0.5) is 0 Å². The van der Waals surface area contributed by atoms with Gasteiger partial charge in [-0.15, -0.1) is 0 Å². The molecular formula is C21H22O5. The van der Waals surface area contributed by atoms with Crippen LogP contribution in [0, 0.1) is 0 Å². The first-order valence-electron chi connectivity index (χ1n) is 8.37. The number of hydrogen-bond donors (Lipinski definition) is 0. The summed E-state index contributed by atoms with van der Waals surface area (Å²) < 4.78 is 15.6. The third-order valence-corrected chi connectivity index (χ3v) is 3.47. The first-order valence-corrected chi connectivity index (χ1v) is 8.37. The summed E-state index contributed by atoms with van der Waals surface area (Å²) in [6, 6.07) is 18.9. The van der Waals surface area contributed by atoms with Gasteiger partial charge in [-0.3, -0.25) is 4.79 Å². The number of hydrogen-bond acceptors (Lipinski definition) is 5. The highest BCUT2D eigenvalue weighted by Crippen LogP contribution is 2.08. The molecule has 0 aliphatic heterocycles. The van der Waals surface area contributed by atoms with Gasteiger partial charge >= 0.3 is 11.9 Å². The molecule has 0 atom stereocenters. The molecule has 5 nitrogen and oxygen atoms in total. The molecule has 2 aromatic rings. The molecule has 0 N–H and O–H groups in total. The third-order valence-electron chi connectivity index (χ3n) is 3.47. The number of esters is 2. The monoisotopic (exact) mass is 354 g/mol. The lowest BCUT2D eigenvalue weighted by Gasteiger charge is -2.09. The molecule has 0 amide bonds. The second kappa shape index (κ2) is 10.7. The van der Waals surface area contributed by atoms with Crippen LogP contribution in [-0.4, -0.2) is 31.8 Å². The minimum absolute atomic E-state index is 0.0643. The molecule has 0 spiro atoms. The molecular weight excluding hydrogens is 332 g/mol. The number of carbonyl (C=O) groups is 2. The average molecular weight is 354 g/mol. The number of ether oxygens (including phenoxy) is 3. The standard InChI is InChI=1S/C21H22O5/c1-17(16-20(22)25-13-12-18-8-4-2-5-9-18)21(23)26-15-14-24-19-10-6-3-7-11-19/h2-11H,1,12-16H2. The number of rotatable bonds is 10. The van der Waals surface area contributed by atoms with Gasteiger partial charge in [0.2, 0.25) is 0 Å². The van der Waals surface area contributed by atoms with Crippen LogP contribution >= 0.6 is 0 Å². The number of para-hydroxylation sites is 1. The largest absolute Gasteiger partial charge is 0.490 e. The molecule has 5 heteroatoms. The van der Waals surface area contributed by atoms with Gasteiger partial charge in [0.25, 0.3) is 0 Å². The van der Waals surface area contributed by atoms with E-state index in [1.165, 1.54) is 0 Å². The Morgan fingerprint density at radius 2 is 1.46 bits per heavy atom. The van der Waals surface area contributed by atoms with Crippen molar-refractivity contribution in [1.82, 2.24) is 0 Å². The smallest absolute Gasteiger partial charge is 0.334 e. The van der Waals surface area contributed by atoms with Crippen molar-refractivity contribution in [1.29, 1.82) is 0 Å². The highest BCUT2D eigenvalue weighted by molar-refractivity contribution is 5.93. The maximum Gasteiger partial charge on any atom is 0.334 e. The van der Waals surface area contributed by atoms with Gasteiger partial charge in [-0.2, -0.15) is 0 Å². The molecule has 0 aliphatic rings. The lowest BCUT2D eigenvalue weighted by Crippen LogP contribution is -2.16. The highest BCUT2D eigenvalue weighted by Gasteiger charge is 2.14. The molecule has 0 saturated heterocycles. The predicted octanol–water partition coefficient (Wildman–Crippen LogP) is 3.34. The van der Waals surface area contributed by atoms with Crippen LogP contribution in [0.3, 0.4) is 0 Å². The zero-order valence-electron chi connectivity index (χ0n) is 14.6. The molecule has 0 saturated carbocycles. The summed E-state index contributed by atoms with van der Waals surface area (Å²) in [6.07, 6.45) is 0.438.